The topological polar surface area (TPSA) is 79.9 Å². The monoisotopic (exact) mass is 317 g/mol. The zero-order valence-electron chi connectivity index (χ0n) is 12.7. The Balaban J connectivity index is 1.66. The smallest absolute Gasteiger partial charge is 0.315 e. The molecule has 3 amide bonds. The molecule has 2 heterocycles. The lowest BCUT2D eigenvalue weighted by atomic mass is 10.2. The zero-order valence-corrected chi connectivity index (χ0v) is 12.7. The maximum Gasteiger partial charge on any atom is 0.315 e. The first-order chi connectivity index (χ1) is 11.2. The fourth-order valence-electron chi connectivity index (χ4n) is 2.66. The van der Waals surface area contributed by atoms with Crippen molar-refractivity contribution in [2.75, 3.05) is 31.2 Å². The summed E-state index contributed by atoms with van der Waals surface area (Å²) in [5, 5.41) is 5.43. The first kappa shape index (κ1) is 15.2. The molecule has 1 atom stereocenters. The molecule has 0 aromatic heterocycles. The summed E-state index contributed by atoms with van der Waals surface area (Å²) in [5.41, 5.74) is 0.745. The molecule has 2 N–H and O–H groups in total. The van der Waals surface area contributed by atoms with Gasteiger partial charge in [-0.2, -0.15) is 0 Å². The zero-order chi connectivity index (χ0) is 16.2. The molecule has 1 aromatic rings. The Morgan fingerprint density at radius 1 is 1.35 bits per heavy atom. The van der Waals surface area contributed by atoms with Gasteiger partial charge in [0.25, 0.3) is 0 Å². The predicted octanol–water partition coefficient (Wildman–Crippen LogP) is 1.05. The maximum atomic E-state index is 12.2. The van der Waals surface area contributed by atoms with Crippen LogP contribution in [0.4, 0.5) is 10.5 Å². The summed E-state index contributed by atoms with van der Waals surface area (Å²) in [6.45, 7) is 5.38. The number of nitrogens with one attached hydrogen (secondary N) is 2. The van der Waals surface area contributed by atoms with E-state index in [1.54, 1.807) is 23.1 Å². The second-order valence-electron chi connectivity index (χ2n) is 5.38. The number of hydrogen-bond donors (Lipinski definition) is 2. The molecule has 23 heavy (non-hydrogen) atoms. The molecule has 0 radical (unpaired) electrons. The highest BCUT2D eigenvalue weighted by Crippen LogP contribution is 2.35. The molecule has 1 aromatic carbocycles. The third kappa shape index (κ3) is 3.39. The van der Waals surface area contributed by atoms with Crippen molar-refractivity contribution in [3.63, 3.8) is 0 Å². The molecule has 1 fully saturated rings. The molecular weight excluding hydrogens is 298 g/mol. The minimum atomic E-state index is -0.299. The number of carbonyl (C=O) groups is 2. The molecule has 0 aliphatic carbocycles. The van der Waals surface area contributed by atoms with Crippen LogP contribution in [-0.4, -0.2) is 44.3 Å². The summed E-state index contributed by atoms with van der Waals surface area (Å²) in [6, 6.07) is 4.90. The van der Waals surface area contributed by atoms with Gasteiger partial charge in [0, 0.05) is 31.3 Å². The van der Waals surface area contributed by atoms with E-state index in [-0.39, 0.29) is 24.4 Å². The van der Waals surface area contributed by atoms with Crippen LogP contribution in [-0.2, 0) is 4.79 Å². The van der Waals surface area contributed by atoms with Crippen molar-refractivity contribution in [1.82, 2.24) is 10.6 Å². The largest absolute Gasteiger partial charge is 0.486 e. The Morgan fingerprint density at radius 2 is 2.13 bits per heavy atom. The lowest BCUT2D eigenvalue weighted by molar-refractivity contribution is -0.117. The van der Waals surface area contributed by atoms with Gasteiger partial charge in [0.2, 0.25) is 5.91 Å². The van der Waals surface area contributed by atoms with Gasteiger partial charge in [-0.15, -0.1) is 6.58 Å². The van der Waals surface area contributed by atoms with Crippen LogP contribution >= 0.6 is 0 Å². The first-order valence-corrected chi connectivity index (χ1v) is 7.52. The Hall–Kier alpha value is -2.70. The van der Waals surface area contributed by atoms with E-state index in [0.29, 0.717) is 37.8 Å². The van der Waals surface area contributed by atoms with E-state index < -0.39 is 0 Å². The minimum absolute atomic E-state index is 0.0318. The highest BCUT2D eigenvalue weighted by molar-refractivity contribution is 5.97. The van der Waals surface area contributed by atoms with Gasteiger partial charge in [0.15, 0.2) is 11.5 Å². The van der Waals surface area contributed by atoms with E-state index in [4.69, 9.17) is 9.47 Å². The van der Waals surface area contributed by atoms with E-state index in [1.165, 1.54) is 0 Å². The fourth-order valence-corrected chi connectivity index (χ4v) is 2.66. The number of ether oxygens (including phenoxy) is 2. The van der Waals surface area contributed by atoms with Crippen molar-refractivity contribution in [2.24, 2.45) is 0 Å². The van der Waals surface area contributed by atoms with Gasteiger partial charge in [-0.25, -0.2) is 4.79 Å². The van der Waals surface area contributed by atoms with Gasteiger partial charge in [0.05, 0.1) is 6.04 Å². The molecule has 0 unspecified atom stereocenters. The van der Waals surface area contributed by atoms with Crippen LogP contribution in [0.5, 0.6) is 11.5 Å². The van der Waals surface area contributed by atoms with Gasteiger partial charge >= 0.3 is 6.03 Å². The molecule has 2 aliphatic rings. The Bertz CT molecular complexity index is 632. The highest BCUT2D eigenvalue weighted by atomic mass is 16.6. The molecule has 1 saturated heterocycles. The standard InChI is InChI=1S/C16H19N3O4/c1-2-5-17-16(21)18-11-8-15(20)19(10-11)12-3-4-13-14(9-12)23-7-6-22-13/h2-4,9,11H,1,5-8,10H2,(H2,17,18,21)/t11-/m0/s1. The second-order valence-corrected chi connectivity index (χ2v) is 5.38. The number of hydrogen-bond acceptors (Lipinski definition) is 4. The number of carbonyl (C=O) groups excluding carboxylic acids is 2. The van der Waals surface area contributed by atoms with Crippen LogP contribution in [0.15, 0.2) is 30.9 Å². The number of fused-ring (bicyclic) bond motifs is 1. The van der Waals surface area contributed by atoms with Crippen molar-refractivity contribution < 1.29 is 19.1 Å². The second kappa shape index (κ2) is 6.60. The molecule has 0 spiro atoms. The van der Waals surface area contributed by atoms with Crippen LogP contribution in [0, 0.1) is 0 Å². The third-order valence-electron chi connectivity index (χ3n) is 3.70. The van der Waals surface area contributed by atoms with Crippen molar-refractivity contribution in [2.45, 2.75) is 12.5 Å². The molecule has 3 rings (SSSR count). The highest BCUT2D eigenvalue weighted by Gasteiger charge is 2.32. The molecule has 0 saturated carbocycles. The minimum Gasteiger partial charge on any atom is -0.486 e. The third-order valence-corrected chi connectivity index (χ3v) is 3.70. The number of benzene rings is 1. The first-order valence-electron chi connectivity index (χ1n) is 7.52. The van der Waals surface area contributed by atoms with E-state index in [9.17, 15) is 9.59 Å². The van der Waals surface area contributed by atoms with E-state index in [1.807, 2.05) is 6.07 Å². The van der Waals surface area contributed by atoms with E-state index in [0.717, 1.165) is 5.69 Å². The van der Waals surface area contributed by atoms with Gasteiger partial charge in [-0.1, -0.05) is 6.08 Å². The summed E-state index contributed by atoms with van der Waals surface area (Å²) in [4.78, 5) is 25.5. The molecule has 2 aliphatic heterocycles. The van der Waals surface area contributed by atoms with Crippen LogP contribution in [0.1, 0.15) is 6.42 Å². The number of amides is 3. The lowest BCUT2D eigenvalue weighted by Gasteiger charge is -2.22. The molecule has 0 bridgehead atoms. The summed E-state index contributed by atoms with van der Waals surface area (Å²) in [7, 11) is 0. The van der Waals surface area contributed by atoms with Crippen LogP contribution in [0.3, 0.4) is 0 Å². The Labute approximate surface area is 134 Å². The summed E-state index contributed by atoms with van der Waals surface area (Å²) in [5.74, 6) is 1.29. The van der Waals surface area contributed by atoms with E-state index in [2.05, 4.69) is 17.2 Å². The van der Waals surface area contributed by atoms with Crippen molar-refractivity contribution in [3.8, 4) is 11.5 Å². The molecular formula is C16H19N3O4. The average Bonchev–Trinajstić information content (AvgIpc) is 2.92. The summed E-state index contributed by atoms with van der Waals surface area (Å²) >= 11 is 0. The Morgan fingerprint density at radius 3 is 2.91 bits per heavy atom. The van der Waals surface area contributed by atoms with Crippen LogP contribution in [0.25, 0.3) is 0 Å². The molecule has 7 nitrogen and oxygen atoms in total. The quantitative estimate of drug-likeness (QED) is 0.814. The number of nitrogens with zero attached hydrogens (tertiary/aromatic N) is 1. The number of rotatable bonds is 4. The van der Waals surface area contributed by atoms with Gasteiger partial charge in [-0.3, -0.25) is 4.79 Å². The van der Waals surface area contributed by atoms with Crippen molar-refractivity contribution >= 4 is 17.6 Å². The fraction of sp³-hybridized carbons (Fsp3) is 0.375. The SMILES string of the molecule is C=CCNC(=O)N[C@H]1CC(=O)N(c2ccc3c(c2)OCCO3)C1. The Kier molecular flexibility index (Phi) is 4.36. The van der Waals surface area contributed by atoms with E-state index >= 15 is 0 Å². The van der Waals surface area contributed by atoms with Crippen LogP contribution < -0.4 is 25.0 Å². The average molecular weight is 317 g/mol. The molecule has 122 valence electrons. The van der Waals surface area contributed by atoms with Crippen molar-refractivity contribution in [3.05, 3.63) is 30.9 Å². The van der Waals surface area contributed by atoms with Gasteiger partial charge in [0.1, 0.15) is 13.2 Å². The summed E-state index contributed by atoms with van der Waals surface area (Å²) in [6.07, 6.45) is 1.87. The number of anilines is 1. The van der Waals surface area contributed by atoms with Crippen molar-refractivity contribution in [1.29, 1.82) is 0 Å². The van der Waals surface area contributed by atoms with Crippen LogP contribution in [0.2, 0.25) is 0 Å². The number of urea groups is 1. The predicted molar refractivity (Wildman–Crippen MR) is 84.9 cm³/mol. The maximum absolute atomic E-state index is 12.2. The van der Waals surface area contributed by atoms with Gasteiger partial charge < -0.3 is 25.0 Å². The normalized spacial score (nSPS) is 19.4. The lowest BCUT2D eigenvalue weighted by Crippen LogP contribution is -2.43. The molecule has 7 heteroatoms. The summed E-state index contributed by atoms with van der Waals surface area (Å²) < 4.78 is 11.0. The van der Waals surface area contributed by atoms with Gasteiger partial charge in [-0.05, 0) is 12.1 Å².